The van der Waals surface area contributed by atoms with Crippen LogP contribution in [0.2, 0.25) is 10.2 Å². The molecule has 0 saturated heterocycles. The van der Waals surface area contributed by atoms with Gasteiger partial charge >= 0.3 is 0 Å². The Morgan fingerprint density at radius 1 is 0.875 bits per heavy atom. The van der Waals surface area contributed by atoms with Gasteiger partial charge in [-0.05, 0) is 42.0 Å². The van der Waals surface area contributed by atoms with Crippen molar-refractivity contribution >= 4 is 34.2 Å². The monoisotopic (exact) mass is 357 g/mol. The second-order valence-corrected chi connectivity index (χ2v) is 6.05. The van der Waals surface area contributed by atoms with E-state index < -0.39 is 0 Å². The molecule has 0 spiro atoms. The molecule has 0 aliphatic carbocycles. The summed E-state index contributed by atoms with van der Waals surface area (Å²) in [5, 5.41) is 1.73. The standard InChI is InChI=1S/C18H10Cl2FN3/c19-12-3-7-14(8-4-12)24-9-15(11-1-5-13(21)6-2-11)16-17(20)22-10-23-18(16)24/h1-10H. The molecule has 2 aromatic carbocycles. The predicted molar refractivity (Wildman–Crippen MR) is 94.3 cm³/mol. The topological polar surface area (TPSA) is 30.7 Å². The molecule has 3 nitrogen and oxygen atoms in total. The number of nitrogens with zero attached hydrogens (tertiary/aromatic N) is 3. The zero-order valence-electron chi connectivity index (χ0n) is 12.2. The zero-order valence-corrected chi connectivity index (χ0v) is 13.8. The molecule has 4 rings (SSSR count). The van der Waals surface area contributed by atoms with Crippen molar-refractivity contribution in [1.82, 2.24) is 14.5 Å². The Kier molecular flexibility index (Phi) is 3.71. The van der Waals surface area contributed by atoms with Crippen molar-refractivity contribution < 1.29 is 4.39 Å². The Balaban J connectivity index is 2.01. The van der Waals surface area contributed by atoms with E-state index in [0.717, 1.165) is 22.2 Å². The molecule has 0 fully saturated rings. The van der Waals surface area contributed by atoms with Crippen LogP contribution in [-0.2, 0) is 0 Å². The molecule has 0 amide bonds. The van der Waals surface area contributed by atoms with Gasteiger partial charge in [0, 0.05) is 22.5 Å². The summed E-state index contributed by atoms with van der Waals surface area (Å²) in [6, 6.07) is 13.7. The molecule has 24 heavy (non-hydrogen) atoms. The number of halogens is 3. The van der Waals surface area contributed by atoms with E-state index >= 15 is 0 Å². The van der Waals surface area contributed by atoms with Crippen molar-refractivity contribution in [3.05, 3.63) is 77.0 Å². The number of hydrogen-bond acceptors (Lipinski definition) is 2. The molecule has 0 N–H and O–H groups in total. The highest BCUT2D eigenvalue weighted by molar-refractivity contribution is 6.35. The average molecular weight is 358 g/mol. The summed E-state index contributed by atoms with van der Waals surface area (Å²) in [5.74, 6) is -0.289. The molecule has 0 atom stereocenters. The number of aromatic nitrogens is 3. The third-order valence-corrected chi connectivity index (χ3v) is 4.34. The van der Waals surface area contributed by atoms with Crippen LogP contribution in [0, 0.1) is 5.82 Å². The van der Waals surface area contributed by atoms with Gasteiger partial charge in [-0.25, -0.2) is 14.4 Å². The first-order valence-corrected chi connectivity index (χ1v) is 7.92. The lowest BCUT2D eigenvalue weighted by Gasteiger charge is -2.04. The van der Waals surface area contributed by atoms with Crippen LogP contribution in [0.1, 0.15) is 0 Å². The van der Waals surface area contributed by atoms with E-state index in [4.69, 9.17) is 23.2 Å². The lowest BCUT2D eigenvalue weighted by molar-refractivity contribution is 0.628. The quantitative estimate of drug-likeness (QED) is 0.441. The molecule has 0 aliphatic heterocycles. The fraction of sp³-hybridized carbons (Fsp3) is 0. The molecule has 2 heterocycles. The predicted octanol–water partition coefficient (Wildman–Crippen LogP) is 5.53. The lowest BCUT2D eigenvalue weighted by Crippen LogP contribution is -1.93. The van der Waals surface area contributed by atoms with Crippen molar-refractivity contribution in [1.29, 1.82) is 0 Å². The Morgan fingerprint density at radius 2 is 1.58 bits per heavy atom. The van der Waals surface area contributed by atoms with Crippen LogP contribution in [-0.4, -0.2) is 14.5 Å². The highest BCUT2D eigenvalue weighted by Gasteiger charge is 2.16. The van der Waals surface area contributed by atoms with E-state index in [1.165, 1.54) is 18.5 Å². The summed E-state index contributed by atoms with van der Waals surface area (Å²) in [4.78, 5) is 8.44. The van der Waals surface area contributed by atoms with Gasteiger partial charge in [0.05, 0.1) is 5.39 Å². The van der Waals surface area contributed by atoms with Crippen LogP contribution < -0.4 is 0 Å². The molecule has 0 saturated carbocycles. The molecule has 0 radical (unpaired) electrons. The van der Waals surface area contributed by atoms with Crippen molar-refractivity contribution in [2.75, 3.05) is 0 Å². The van der Waals surface area contributed by atoms with Crippen molar-refractivity contribution in [2.45, 2.75) is 0 Å². The van der Waals surface area contributed by atoms with Gasteiger partial charge in [0.1, 0.15) is 22.9 Å². The number of fused-ring (bicyclic) bond motifs is 1. The first kappa shape index (κ1) is 15.1. The third kappa shape index (κ3) is 2.54. The van der Waals surface area contributed by atoms with Crippen molar-refractivity contribution in [3.63, 3.8) is 0 Å². The minimum atomic E-state index is -0.289. The number of benzene rings is 2. The van der Waals surface area contributed by atoms with Gasteiger partial charge in [-0.15, -0.1) is 0 Å². The highest BCUT2D eigenvalue weighted by atomic mass is 35.5. The lowest BCUT2D eigenvalue weighted by atomic mass is 10.1. The smallest absolute Gasteiger partial charge is 0.150 e. The molecule has 0 unspecified atom stereocenters. The summed E-state index contributed by atoms with van der Waals surface area (Å²) >= 11 is 12.3. The van der Waals surface area contributed by atoms with Crippen molar-refractivity contribution in [2.24, 2.45) is 0 Å². The third-order valence-electron chi connectivity index (χ3n) is 3.80. The van der Waals surface area contributed by atoms with Gasteiger partial charge in [-0.1, -0.05) is 35.3 Å². The SMILES string of the molecule is Fc1ccc(-c2cn(-c3ccc(Cl)cc3)c3ncnc(Cl)c23)cc1. The van der Waals surface area contributed by atoms with Crippen LogP contribution >= 0.6 is 23.2 Å². The van der Waals surface area contributed by atoms with E-state index in [-0.39, 0.29) is 5.82 Å². The largest absolute Gasteiger partial charge is 0.301 e. The molecular formula is C18H10Cl2FN3. The zero-order chi connectivity index (χ0) is 16.7. The molecular weight excluding hydrogens is 348 g/mol. The van der Waals surface area contributed by atoms with Gasteiger partial charge < -0.3 is 4.57 Å². The fourth-order valence-electron chi connectivity index (χ4n) is 2.67. The summed E-state index contributed by atoms with van der Waals surface area (Å²) in [6.07, 6.45) is 3.34. The summed E-state index contributed by atoms with van der Waals surface area (Å²) < 4.78 is 15.1. The van der Waals surface area contributed by atoms with Gasteiger partial charge in [-0.3, -0.25) is 0 Å². The fourth-order valence-corrected chi connectivity index (χ4v) is 3.03. The average Bonchev–Trinajstić information content (AvgIpc) is 2.97. The highest BCUT2D eigenvalue weighted by Crippen LogP contribution is 2.35. The first-order valence-electron chi connectivity index (χ1n) is 7.17. The molecule has 4 aromatic rings. The Morgan fingerprint density at radius 3 is 2.29 bits per heavy atom. The minimum Gasteiger partial charge on any atom is -0.301 e. The van der Waals surface area contributed by atoms with Gasteiger partial charge in [-0.2, -0.15) is 0 Å². The van der Waals surface area contributed by atoms with Crippen molar-refractivity contribution in [3.8, 4) is 16.8 Å². The van der Waals surface area contributed by atoms with Crippen LogP contribution in [0.3, 0.4) is 0 Å². The summed E-state index contributed by atoms with van der Waals surface area (Å²) in [7, 11) is 0. The molecule has 0 bridgehead atoms. The van der Waals surface area contributed by atoms with Gasteiger partial charge in [0.2, 0.25) is 0 Å². The van der Waals surface area contributed by atoms with E-state index in [9.17, 15) is 4.39 Å². The Bertz CT molecular complexity index is 1020. The van der Waals surface area contributed by atoms with Crippen LogP contribution in [0.15, 0.2) is 61.1 Å². The molecule has 6 heteroatoms. The van der Waals surface area contributed by atoms with E-state index in [1.54, 1.807) is 12.1 Å². The maximum atomic E-state index is 13.2. The maximum absolute atomic E-state index is 13.2. The maximum Gasteiger partial charge on any atom is 0.150 e. The summed E-state index contributed by atoms with van der Waals surface area (Å²) in [5.41, 5.74) is 3.25. The van der Waals surface area contributed by atoms with Crippen LogP contribution in [0.5, 0.6) is 0 Å². The Labute approximate surface area is 147 Å². The minimum absolute atomic E-state index is 0.289. The summed E-state index contributed by atoms with van der Waals surface area (Å²) in [6.45, 7) is 0. The molecule has 118 valence electrons. The van der Waals surface area contributed by atoms with Gasteiger partial charge in [0.15, 0.2) is 0 Å². The van der Waals surface area contributed by atoms with E-state index in [2.05, 4.69) is 9.97 Å². The number of hydrogen-bond donors (Lipinski definition) is 0. The van der Waals surface area contributed by atoms with Crippen LogP contribution in [0.4, 0.5) is 4.39 Å². The second-order valence-electron chi connectivity index (χ2n) is 5.26. The normalized spacial score (nSPS) is 11.1. The van der Waals surface area contributed by atoms with Crippen LogP contribution in [0.25, 0.3) is 27.8 Å². The number of rotatable bonds is 2. The van der Waals surface area contributed by atoms with Gasteiger partial charge in [0.25, 0.3) is 0 Å². The van der Waals surface area contributed by atoms with E-state index in [1.807, 2.05) is 35.0 Å². The Hall–Kier alpha value is -2.43. The first-order chi connectivity index (χ1) is 11.6. The molecule has 0 aliphatic rings. The van der Waals surface area contributed by atoms with E-state index in [0.29, 0.717) is 15.8 Å². The molecule has 2 aromatic heterocycles. The second kappa shape index (κ2) is 5.89.